The first-order chi connectivity index (χ1) is 6.22. The molecule has 0 radical (unpaired) electrons. The molecule has 3 nitrogen and oxygen atoms in total. The van der Waals surface area contributed by atoms with E-state index in [0.29, 0.717) is 12.0 Å². The molecule has 0 aliphatic rings. The SMILES string of the molecule is C=C(CCCCC)C(=O)OCCO. The van der Waals surface area contributed by atoms with Gasteiger partial charge in [-0.2, -0.15) is 0 Å². The van der Waals surface area contributed by atoms with Crippen LogP contribution in [0.2, 0.25) is 0 Å². The summed E-state index contributed by atoms with van der Waals surface area (Å²) < 4.78 is 4.70. The van der Waals surface area contributed by atoms with Crippen LogP contribution in [0.5, 0.6) is 0 Å². The van der Waals surface area contributed by atoms with Gasteiger partial charge in [-0.1, -0.05) is 26.3 Å². The fraction of sp³-hybridized carbons (Fsp3) is 0.700. The Morgan fingerprint density at radius 1 is 1.46 bits per heavy atom. The summed E-state index contributed by atoms with van der Waals surface area (Å²) in [6, 6.07) is 0. The third kappa shape index (κ3) is 6.34. The van der Waals surface area contributed by atoms with E-state index in [1.54, 1.807) is 0 Å². The molecule has 3 heteroatoms. The first kappa shape index (κ1) is 12.2. The molecule has 0 bridgehead atoms. The number of rotatable bonds is 7. The van der Waals surface area contributed by atoms with E-state index in [1.807, 2.05) is 0 Å². The second kappa shape index (κ2) is 7.80. The van der Waals surface area contributed by atoms with Gasteiger partial charge in [-0.15, -0.1) is 0 Å². The zero-order valence-corrected chi connectivity index (χ0v) is 8.21. The molecule has 0 aromatic carbocycles. The van der Waals surface area contributed by atoms with Crippen molar-refractivity contribution in [2.45, 2.75) is 32.6 Å². The first-order valence-corrected chi connectivity index (χ1v) is 4.68. The van der Waals surface area contributed by atoms with E-state index in [9.17, 15) is 4.79 Å². The third-order valence-corrected chi connectivity index (χ3v) is 1.70. The van der Waals surface area contributed by atoms with Gasteiger partial charge in [-0.05, 0) is 12.8 Å². The molecule has 13 heavy (non-hydrogen) atoms. The lowest BCUT2D eigenvalue weighted by Gasteiger charge is -2.04. The van der Waals surface area contributed by atoms with Gasteiger partial charge >= 0.3 is 5.97 Å². The largest absolute Gasteiger partial charge is 0.460 e. The average molecular weight is 186 g/mol. The lowest BCUT2D eigenvalue weighted by molar-refractivity contribution is -0.140. The highest BCUT2D eigenvalue weighted by Crippen LogP contribution is 2.08. The molecule has 0 amide bonds. The number of aliphatic hydroxyl groups is 1. The predicted octanol–water partition coefficient (Wildman–Crippen LogP) is 1.66. The van der Waals surface area contributed by atoms with Crippen LogP contribution in [-0.2, 0) is 9.53 Å². The van der Waals surface area contributed by atoms with Crippen LogP contribution < -0.4 is 0 Å². The number of carbonyl (C=O) groups excluding carboxylic acids is 1. The van der Waals surface area contributed by atoms with Gasteiger partial charge in [0.15, 0.2) is 0 Å². The number of carbonyl (C=O) groups is 1. The van der Waals surface area contributed by atoms with E-state index in [0.717, 1.165) is 19.3 Å². The van der Waals surface area contributed by atoms with E-state index < -0.39 is 0 Å². The van der Waals surface area contributed by atoms with Gasteiger partial charge in [0.2, 0.25) is 0 Å². The Hall–Kier alpha value is -0.830. The van der Waals surface area contributed by atoms with Crippen LogP contribution in [0, 0.1) is 0 Å². The van der Waals surface area contributed by atoms with Crippen molar-refractivity contribution in [2.75, 3.05) is 13.2 Å². The maximum absolute atomic E-state index is 11.1. The van der Waals surface area contributed by atoms with Gasteiger partial charge in [-0.3, -0.25) is 0 Å². The van der Waals surface area contributed by atoms with Crippen LogP contribution in [0.3, 0.4) is 0 Å². The second-order valence-corrected chi connectivity index (χ2v) is 2.92. The van der Waals surface area contributed by atoms with Gasteiger partial charge in [-0.25, -0.2) is 4.79 Å². The van der Waals surface area contributed by atoms with Crippen molar-refractivity contribution < 1.29 is 14.6 Å². The normalized spacial score (nSPS) is 9.69. The molecular formula is C10H18O3. The zero-order valence-electron chi connectivity index (χ0n) is 8.21. The lowest BCUT2D eigenvalue weighted by atomic mass is 10.1. The lowest BCUT2D eigenvalue weighted by Crippen LogP contribution is -2.10. The monoisotopic (exact) mass is 186 g/mol. The summed E-state index contributed by atoms with van der Waals surface area (Å²) in [6.45, 7) is 5.66. The summed E-state index contributed by atoms with van der Waals surface area (Å²) in [5.74, 6) is -0.384. The highest BCUT2D eigenvalue weighted by molar-refractivity contribution is 5.87. The molecule has 0 heterocycles. The number of unbranched alkanes of at least 4 members (excludes halogenated alkanes) is 2. The molecule has 0 saturated heterocycles. The van der Waals surface area contributed by atoms with Crippen molar-refractivity contribution in [2.24, 2.45) is 0 Å². The molecular weight excluding hydrogens is 168 g/mol. The van der Waals surface area contributed by atoms with Crippen LogP contribution in [0.25, 0.3) is 0 Å². The Labute approximate surface area is 79.4 Å². The Kier molecular flexibility index (Phi) is 7.30. The van der Waals surface area contributed by atoms with E-state index in [2.05, 4.69) is 13.5 Å². The summed E-state index contributed by atoms with van der Waals surface area (Å²) in [5.41, 5.74) is 0.502. The standard InChI is InChI=1S/C10H18O3/c1-3-4-5-6-9(2)10(12)13-8-7-11/h11H,2-8H2,1H3. The fourth-order valence-electron chi connectivity index (χ4n) is 0.931. The summed E-state index contributed by atoms with van der Waals surface area (Å²) in [5, 5.41) is 8.40. The number of hydrogen-bond donors (Lipinski definition) is 1. The Morgan fingerprint density at radius 3 is 2.69 bits per heavy atom. The van der Waals surface area contributed by atoms with Crippen LogP contribution in [0.1, 0.15) is 32.6 Å². The van der Waals surface area contributed by atoms with Gasteiger partial charge in [0.05, 0.1) is 6.61 Å². The number of hydrogen-bond acceptors (Lipinski definition) is 3. The second-order valence-electron chi connectivity index (χ2n) is 2.92. The molecule has 1 N–H and O–H groups in total. The molecule has 0 spiro atoms. The molecule has 0 unspecified atom stereocenters. The molecule has 0 fully saturated rings. The summed E-state index contributed by atoms with van der Waals surface area (Å²) in [6.07, 6.45) is 3.90. The average Bonchev–Trinajstić information content (AvgIpc) is 2.14. The minimum Gasteiger partial charge on any atom is -0.460 e. The Balaban J connectivity index is 3.51. The molecule has 0 saturated carbocycles. The summed E-state index contributed by atoms with van der Waals surface area (Å²) in [7, 11) is 0. The molecule has 0 aromatic heterocycles. The number of esters is 1. The number of aliphatic hydroxyl groups excluding tert-OH is 1. The highest BCUT2D eigenvalue weighted by atomic mass is 16.5. The van der Waals surface area contributed by atoms with Crippen molar-refractivity contribution in [3.8, 4) is 0 Å². The van der Waals surface area contributed by atoms with Crippen molar-refractivity contribution >= 4 is 5.97 Å². The van der Waals surface area contributed by atoms with Crippen molar-refractivity contribution in [3.63, 3.8) is 0 Å². The molecule has 76 valence electrons. The Morgan fingerprint density at radius 2 is 2.15 bits per heavy atom. The van der Waals surface area contributed by atoms with Gasteiger partial charge in [0, 0.05) is 5.57 Å². The van der Waals surface area contributed by atoms with E-state index in [1.165, 1.54) is 0 Å². The molecule has 0 aliphatic heterocycles. The fourth-order valence-corrected chi connectivity index (χ4v) is 0.931. The van der Waals surface area contributed by atoms with Crippen LogP contribution in [0.4, 0.5) is 0 Å². The van der Waals surface area contributed by atoms with Gasteiger partial charge < -0.3 is 9.84 Å². The van der Waals surface area contributed by atoms with Crippen molar-refractivity contribution in [3.05, 3.63) is 12.2 Å². The third-order valence-electron chi connectivity index (χ3n) is 1.70. The maximum Gasteiger partial charge on any atom is 0.333 e. The molecule has 0 aliphatic carbocycles. The molecule has 0 aromatic rings. The first-order valence-electron chi connectivity index (χ1n) is 4.68. The minimum atomic E-state index is -0.384. The predicted molar refractivity (Wildman–Crippen MR) is 51.3 cm³/mol. The van der Waals surface area contributed by atoms with Gasteiger partial charge in [0.1, 0.15) is 6.61 Å². The topological polar surface area (TPSA) is 46.5 Å². The smallest absolute Gasteiger partial charge is 0.333 e. The van der Waals surface area contributed by atoms with E-state index in [4.69, 9.17) is 9.84 Å². The highest BCUT2D eigenvalue weighted by Gasteiger charge is 2.06. The van der Waals surface area contributed by atoms with Crippen LogP contribution in [0.15, 0.2) is 12.2 Å². The minimum absolute atomic E-state index is 0.0611. The van der Waals surface area contributed by atoms with Crippen molar-refractivity contribution in [1.82, 2.24) is 0 Å². The molecule has 0 rings (SSSR count). The van der Waals surface area contributed by atoms with E-state index in [-0.39, 0.29) is 19.2 Å². The van der Waals surface area contributed by atoms with Gasteiger partial charge in [0.25, 0.3) is 0 Å². The van der Waals surface area contributed by atoms with Crippen molar-refractivity contribution in [1.29, 1.82) is 0 Å². The quantitative estimate of drug-likeness (QED) is 0.373. The van der Waals surface area contributed by atoms with Crippen LogP contribution >= 0.6 is 0 Å². The van der Waals surface area contributed by atoms with Crippen LogP contribution in [-0.4, -0.2) is 24.3 Å². The maximum atomic E-state index is 11.1. The Bertz CT molecular complexity index is 164. The molecule has 0 atom stereocenters. The zero-order chi connectivity index (χ0) is 10.1. The summed E-state index contributed by atoms with van der Waals surface area (Å²) >= 11 is 0. The van der Waals surface area contributed by atoms with E-state index >= 15 is 0 Å². The summed E-state index contributed by atoms with van der Waals surface area (Å²) in [4.78, 5) is 11.1. The number of ether oxygens (including phenoxy) is 1.